The molecule has 0 spiro atoms. The van der Waals surface area contributed by atoms with Gasteiger partial charge in [0.2, 0.25) is 0 Å². The van der Waals surface area contributed by atoms with Crippen molar-refractivity contribution in [1.82, 2.24) is 14.8 Å². The minimum Gasteiger partial charge on any atom is -0.494 e. The van der Waals surface area contributed by atoms with Gasteiger partial charge in [0.15, 0.2) is 5.82 Å². The minimum absolute atomic E-state index is 0.653. The van der Waals surface area contributed by atoms with Crippen molar-refractivity contribution in [2.45, 2.75) is 6.92 Å². The van der Waals surface area contributed by atoms with Crippen molar-refractivity contribution in [2.75, 3.05) is 6.61 Å². The SMILES string of the molecule is CCOc1ccc(-c2ncnn2-c2ccc(Cl)cc2)cc1. The fourth-order valence-corrected chi connectivity index (χ4v) is 2.20. The number of aromatic nitrogens is 3. The van der Waals surface area contributed by atoms with Crippen LogP contribution in [0.3, 0.4) is 0 Å². The maximum absolute atomic E-state index is 5.92. The molecule has 106 valence electrons. The first-order valence-electron chi connectivity index (χ1n) is 6.67. The average molecular weight is 300 g/mol. The Morgan fingerprint density at radius 1 is 1.05 bits per heavy atom. The number of rotatable bonds is 4. The molecule has 0 aliphatic carbocycles. The monoisotopic (exact) mass is 299 g/mol. The summed E-state index contributed by atoms with van der Waals surface area (Å²) in [5.74, 6) is 1.62. The lowest BCUT2D eigenvalue weighted by Crippen LogP contribution is -1.99. The Morgan fingerprint density at radius 2 is 1.76 bits per heavy atom. The molecule has 0 saturated carbocycles. The Labute approximate surface area is 128 Å². The van der Waals surface area contributed by atoms with Gasteiger partial charge in [-0.2, -0.15) is 5.10 Å². The summed E-state index contributed by atoms with van der Waals surface area (Å²) in [5, 5.41) is 4.98. The van der Waals surface area contributed by atoms with Crippen LogP contribution in [0.4, 0.5) is 0 Å². The molecule has 1 aromatic heterocycles. The smallest absolute Gasteiger partial charge is 0.163 e. The van der Waals surface area contributed by atoms with E-state index in [1.807, 2.05) is 55.5 Å². The molecule has 3 aromatic rings. The largest absolute Gasteiger partial charge is 0.494 e. The lowest BCUT2D eigenvalue weighted by molar-refractivity contribution is 0.340. The van der Waals surface area contributed by atoms with Gasteiger partial charge in [-0.1, -0.05) is 11.6 Å². The molecule has 0 amide bonds. The van der Waals surface area contributed by atoms with Gasteiger partial charge < -0.3 is 4.74 Å². The van der Waals surface area contributed by atoms with E-state index in [0.717, 1.165) is 22.8 Å². The van der Waals surface area contributed by atoms with Crippen LogP contribution in [0.5, 0.6) is 5.75 Å². The zero-order chi connectivity index (χ0) is 14.7. The van der Waals surface area contributed by atoms with E-state index in [0.29, 0.717) is 11.6 Å². The van der Waals surface area contributed by atoms with E-state index in [1.54, 1.807) is 11.0 Å². The molecule has 21 heavy (non-hydrogen) atoms. The number of hydrogen-bond acceptors (Lipinski definition) is 3. The molecule has 0 aliphatic rings. The topological polar surface area (TPSA) is 39.9 Å². The number of nitrogens with zero attached hydrogens (tertiary/aromatic N) is 3. The molecule has 3 rings (SSSR count). The van der Waals surface area contributed by atoms with Crippen LogP contribution in [0.1, 0.15) is 6.92 Å². The number of benzene rings is 2. The Bertz CT molecular complexity index is 720. The maximum Gasteiger partial charge on any atom is 0.163 e. The fourth-order valence-electron chi connectivity index (χ4n) is 2.08. The van der Waals surface area contributed by atoms with Crippen LogP contribution >= 0.6 is 11.6 Å². The average Bonchev–Trinajstić information content (AvgIpc) is 2.99. The summed E-state index contributed by atoms with van der Waals surface area (Å²) in [6.07, 6.45) is 1.54. The van der Waals surface area contributed by atoms with Crippen LogP contribution in [0.15, 0.2) is 54.9 Å². The van der Waals surface area contributed by atoms with Crippen LogP contribution in [0.2, 0.25) is 5.02 Å². The fraction of sp³-hybridized carbons (Fsp3) is 0.125. The number of ether oxygens (including phenoxy) is 1. The highest BCUT2D eigenvalue weighted by atomic mass is 35.5. The van der Waals surface area contributed by atoms with Crippen molar-refractivity contribution in [2.24, 2.45) is 0 Å². The summed E-state index contributed by atoms with van der Waals surface area (Å²) in [7, 11) is 0. The van der Waals surface area contributed by atoms with E-state index >= 15 is 0 Å². The van der Waals surface area contributed by atoms with Crippen molar-refractivity contribution >= 4 is 11.6 Å². The third kappa shape index (κ3) is 2.90. The van der Waals surface area contributed by atoms with Crippen LogP contribution in [-0.4, -0.2) is 21.4 Å². The molecule has 0 aliphatic heterocycles. The molecule has 0 radical (unpaired) electrons. The molecule has 4 nitrogen and oxygen atoms in total. The molecule has 5 heteroatoms. The Morgan fingerprint density at radius 3 is 2.43 bits per heavy atom. The van der Waals surface area contributed by atoms with E-state index in [1.165, 1.54) is 0 Å². The van der Waals surface area contributed by atoms with Crippen molar-refractivity contribution in [3.8, 4) is 22.8 Å². The van der Waals surface area contributed by atoms with E-state index in [4.69, 9.17) is 16.3 Å². The van der Waals surface area contributed by atoms with Crippen LogP contribution in [-0.2, 0) is 0 Å². The summed E-state index contributed by atoms with van der Waals surface area (Å²) in [4.78, 5) is 4.34. The van der Waals surface area contributed by atoms with E-state index in [2.05, 4.69) is 10.1 Å². The van der Waals surface area contributed by atoms with Gasteiger partial charge in [0.25, 0.3) is 0 Å². The van der Waals surface area contributed by atoms with Crippen molar-refractivity contribution in [1.29, 1.82) is 0 Å². The summed E-state index contributed by atoms with van der Waals surface area (Å²) in [6.45, 7) is 2.62. The molecule has 0 bridgehead atoms. The van der Waals surface area contributed by atoms with Crippen LogP contribution in [0.25, 0.3) is 17.1 Å². The van der Waals surface area contributed by atoms with Crippen molar-refractivity contribution in [3.05, 3.63) is 59.9 Å². The molecular weight excluding hydrogens is 286 g/mol. The highest BCUT2D eigenvalue weighted by Crippen LogP contribution is 2.23. The first-order valence-corrected chi connectivity index (χ1v) is 7.05. The summed E-state index contributed by atoms with van der Waals surface area (Å²) < 4.78 is 7.23. The van der Waals surface area contributed by atoms with Gasteiger partial charge in [0.05, 0.1) is 12.3 Å². The molecule has 0 saturated heterocycles. The molecule has 0 fully saturated rings. The first-order chi connectivity index (χ1) is 10.3. The highest BCUT2D eigenvalue weighted by molar-refractivity contribution is 6.30. The second kappa shape index (κ2) is 5.97. The van der Waals surface area contributed by atoms with Gasteiger partial charge in [-0.15, -0.1) is 0 Å². The Kier molecular flexibility index (Phi) is 3.88. The predicted octanol–water partition coefficient (Wildman–Crippen LogP) is 3.99. The molecule has 0 unspecified atom stereocenters. The minimum atomic E-state index is 0.653. The van der Waals surface area contributed by atoms with Gasteiger partial charge in [0.1, 0.15) is 12.1 Å². The second-order valence-corrected chi connectivity index (χ2v) is 4.87. The highest BCUT2D eigenvalue weighted by Gasteiger charge is 2.09. The van der Waals surface area contributed by atoms with Gasteiger partial charge in [-0.3, -0.25) is 0 Å². The zero-order valence-corrected chi connectivity index (χ0v) is 12.3. The third-order valence-electron chi connectivity index (χ3n) is 3.04. The predicted molar refractivity (Wildman–Crippen MR) is 83.0 cm³/mol. The Hall–Kier alpha value is -2.33. The first kappa shape index (κ1) is 13.6. The summed E-state index contributed by atoms with van der Waals surface area (Å²) >= 11 is 5.92. The van der Waals surface area contributed by atoms with Gasteiger partial charge in [-0.05, 0) is 55.5 Å². The second-order valence-electron chi connectivity index (χ2n) is 4.43. The summed E-state index contributed by atoms with van der Waals surface area (Å²) in [6, 6.07) is 15.3. The molecular formula is C16H14ClN3O. The summed E-state index contributed by atoms with van der Waals surface area (Å²) in [5.41, 5.74) is 1.90. The maximum atomic E-state index is 5.92. The molecule has 0 atom stereocenters. The molecule has 0 N–H and O–H groups in total. The molecule has 1 heterocycles. The molecule has 2 aromatic carbocycles. The van der Waals surface area contributed by atoms with Gasteiger partial charge in [0, 0.05) is 10.6 Å². The van der Waals surface area contributed by atoms with Crippen molar-refractivity contribution in [3.63, 3.8) is 0 Å². The normalized spacial score (nSPS) is 10.6. The zero-order valence-electron chi connectivity index (χ0n) is 11.5. The third-order valence-corrected chi connectivity index (χ3v) is 3.29. The lowest BCUT2D eigenvalue weighted by atomic mass is 10.2. The standard InChI is InChI=1S/C16H14ClN3O/c1-2-21-15-9-3-12(4-10-15)16-18-11-19-20(16)14-7-5-13(17)6-8-14/h3-11H,2H2,1H3. The van der Waals surface area contributed by atoms with E-state index < -0.39 is 0 Å². The van der Waals surface area contributed by atoms with Gasteiger partial charge >= 0.3 is 0 Å². The quantitative estimate of drug-likeness (QED) is 0.731. The number of hydrogen-bond donors (Lipinski definition) is 0. The van der Waals surface area contributed by atoms with E-state index in [9.17, 15) is 0 Å². The van der Waals surface area contributed by atoms with Gasteiger partial charge in [-0.25, -0.2) is 9.67 Å². The Balaban J connectivity index is 1.96. The van der Waals surface area contributed by atoms with Crippen LogP contribution in [0, 0.1) is 0 Å². The van der Waals surface area contributed by atoms with Crippen LogP contribution < -0.4 is 4.74 Å². The van der Waals surface area contributed by atoms with E-state index in [-0.39, 0.29) is 0 Å². The number of halogens is 1. The lowest BCUT2D eigenvalue weighted by Gasteiger charge is -2.07. The van der Waals surface area contributed by atoms with Crippen molar-refractivity contribution < 1.29 is 4.74 Å².